The predicted octanol–water partition coefficient (Wildman–Crippen LogP) is 5.34. The molecule has 1 aliphatic rings. The highest BCUT2D eigenvalue weighted by molar-refractivity contribution is 8.18. The monoisotopic (exact) mass is 387 g/mol. The number of hydrogen-bond acceptors (Lipinski definition) is 3. The number of amidine groups is 1. The fourth-order valence-electron chi connectivity index (χ4n) is 3.35. The number of rotatable bonds is 4. The van der Waals surface area contributed by atoms with E-state index >= 15 is 0 Å². The van der Waals surface area contributed by atoms with E-state index in [9.17, 15) is 4.79 Å². The Morgan fingerprint density at radius 3 is 2.64 bits per heavy atom. The smallest absolute Gasteiger partial charge is 0.264 e. The zero-order chi connectivity index (χ0) is 19.7. The number of benzene rings is 2. The molecule has 0 bridgehead atoms. The number of thioether (sulfide) groups is 1. The minimum absolute atomic E-state index is 0.115. The summed E-state index contributed by atoms with van der Waals surface area (Å²) in [6.45, 7) is 8.71. The normalized spacial score (nSPS) is 16.9. The van der Waals surface area contributed by atoms with E-state index < -0.39 is 0 Å². The summed E-state index contributed by atoms with van der Waals surface area (Å²) in [7, 11) is 0. The summed E-state index contributed by atoms with van der Waals surface area (Å²) in [6, 6.07) is 16.2. The maximum Gasteiger partial charge on any atom is 0.264 e. The Balaban J connectivity index is 1.72. The summed E-state index contributed by atoms with van der Waals surface area (Å²) in [5, 5.41) is 4.60. The number of amides is 1. The molecule has 1 amide bonds. The molecule has 0 atom stereocenters. The Morgan fingerprint density at radius 2 is 1.89 bits per heavy atom. The maximum absolute atomic E-state index is 12.5. The van der Waals surface area contributed by atoms with Crippen LogP contribution >= 0.6 is 11.8 Å². The Bertz CT molecular complexity index is 1140. The van der Waals surface area contributed by atoms with Gasteiger partial charge in [0.1, 0.15) is 0 Å². The van der Waals surface area contributed by atoms with Crippen LogP contribution in [0, 0.1) is 13.8 Å². The number of hydrogen-bond donors (Lipinski definition) is 1. The second-order valence-corrected chi connectivity index (χ2v) is 7.76. The molecule has 4 rings (SSSR count). The van der Waals surface area contributed by atoms with Crippen molar-refractivity contribution in [2.45, 2.75) is 20.4 Å². The third kappa shape index (κ3) is 3.41. The molecule has 2 heterocycles. The lowest BCUT2D eigenvalue weighted by atomic mass is 10.1. The van der Waals surface area contributed by atoms with Crippen molar-refractivity contribution in [1.29, 1.82) is 0 Å². The SMILES string of the molecule is C=CCn1c(C)c(/C=C2\SC(=Nc3ccc(C)cc3)NC2=O)c2ccccc21. The third-order valence-electron chi connectivity index (χ3n) is 4.78. The van der Waals surface area contributed by atoms with Gasteiger partial charge in [-0.1, -0.05) is 42.0 Å². The van der Waals surface area contributed by atoms with Crippen LogP contribution < -0.4 is 5.32 Å². The van der Waals surface area contributed by atoms with Crippen molar-refractivity contribution >= 4 is 45.5 Å². The van der Waals surface area contributed by atoms with Crippen LogP contribution in [0.3, 0.4) is 0 Å². The van der Waals surface area contributed by atoms with Crippen LogP contribution in [-0.4, -0.2) is 15.6 Å². The van der Waals surface area contributed by atoms with Crippen molar-refractivity contribution in [2.24, 2.45) is 4.99 Å². The summed E-state index contributed by atoms with van der Waals surface area (Å²) in [5.74, 6) is -0.115. The van der Waals surface area contributed by atoms with Gasteiger partial charge in [0, 0.05) is 28.7 Å². The third-order valence-corrected chi connectivity index (χ3v) is 5.69. The van der Waals surface area contributed by atoms with E-state index in [0.717, 1.165) is 34.4 Å². The Morgan fingerprint density at radius 1 is 1.14 bits per heavy atom. The van der Waals surface area contributed by atoms with E-state index in [1.807, 2.05) is 55.5 Å². The molecular weight excluding hydrogens is 366 g/mol. The first kappa shape index (κ1) is 18.3. The van der Waals surface area contributed by atoms with Gasteiger partial charge >= 0.3 is 0 Å². The van der Waals surface area contributed by atoms with Crippen molar-refractivity contribution in [2.75, 3.05) is 0 Å². The first-order valence-corrected chi connectivity index (χ1v) is 9.93. The van der Waals surface area contributed by atoms with Gasteiger partial charge in [-0.2, -0.15) is 0 Å². The van der Waals surface area contributed by atoms with Crippen LogP contribution in [0.1, 0.15) is 16.8 Å². The molecule has 5 heteroatoms. The second-order valence-electron chi connectivity index (χ2n) is 6.73. The summed E-state index contributed by atoms with van der Waals surface area (Å²) >= 11 is 1.37. The van der Waals surface area contributed by atoms with Crippen molar-refractivity contribution in [3.8, 4) is 0 Å². The highest BCUT2D eigenvalue weighted by Gasteiger charge is 2.25. The largest absolute Gasteiger partial charge is 0.340 e. The number of aryl methyl sites for hydroxylation is 1. The molecule has 140 valence electrons. The van der Waals surface area contributed by atoms with Crippen LogP contribution in [0.2, 0.25) is 0 Å². The average Bonchev–Trinajstić information content (AvgIpc) is 3.16. The standard InChI is InChI=1S/C23H21N3OS/c1-4-13-26-16(3)19(18-7-5-6-8-20(18)26)14-21-22(27)25-23(28-21)24-17-11-9-15(2)10-12-17/h4-12,14H,1,13H2,2-3H3,(H,24,25,27)/b21-14-. The summed E-state index contributed by atoms with van der Waals surface area (Å²) in [6.07, 6.45) is 3.86. The number of carbonyl (C=O) groups excluding carboxylic acids is 1. The van der Waals surface area contributed by atoms with E-state index in [2.05, 4.69) is 40.5 Å². The topological polar surface area (TPSA) is 46.4 Å². The van der Waals surface area contributed by atoms with Gasteiger partial charge in [-0.15, -0.1) is 6.58 Å². The minimum Gasteiger partial charge on any atom is -0.340 e. The Labute approximate surface area is 168 Å². The fraction of sp³-hybridized carbons (Fsp3) is 0.130. The molecule has 3 aromatic rings. The van der Waals surface area contributed by atoms with Gasteiger partial charge < -0.3 is 9.88 Å². The molecule has 1 N–H and O–H groups in total. The molecule has 1 aliphatic heterocycles. The molecule has 1 saturated heterocycles. The molecule has 0 aliphatic carbocycles. The molecule has 28 heavy (non-hydrogen) atoms. The predicted molar refractivity (Wildman–Crippen MR) is 119 cm³/mol. The van der Waals surface area contributed by atoms with E-state index in [4.69, 9.17) is 0 Å². The molecule has 0 radical (unpaired) electrons. The van der Waals surface area contributed by atoms with Gasteiger partial charge in [-0.25, -0.2) is 4.99 Å². The van der Waals surface area contributed by atoms with Gasteiger partial charge in [0.25, 0.3) is 5.91 Å². The second kappa shape index (κ2) is 7.52. The number of fused-ring (bicyclic) bond motifs is 1. The number of aliphatic imine (C=N–C) groups is 1. The van der Waals surface area contributed by atoms with Gasteiger partial charge in [0.15, 0.2) is 5.17 Å². The lowest BCUT2D eigenvalue weighted by Gasteiger charge is -2.04. The molecule has 0 unspecified atom stereocenters. The van der Waals surface area contributed by atoms with Crippen molar-refractivity contribution in [3.05, 3.63) is 82.9 Å². The lowest BCUT2D eigenvalue weighted by molar-refractivity contribution is -0.115. The van der Waals surface area contributed by atoms with Crippen molar-refractivity contribution < 1.29 is 4.79 Å². The van der Waals surface area contributed by atoms with Gasteiger partial charge in [-0.05, 0) is 49.9 Å². The van der Waals surface area contributed by atoms with Gasteiger partial charge in [0.2, 0.25) is 0 Å². The number of aromatic nitrogens is 1. The average molecular weight is 388 g/mol. The van der Waals surface area contributed by atoms with E-state index in [0.29, 0.717) is 10.1 Å². The van der Waals surface area contributed by atoms with Crippen LogP contribution in [0.5, 0.6) is 0 Å². The number of allylic oxidation sites excluding steroid dienone is 1. The fourth-order valence-corrected chi connectivity index (χ4v) is 4.18. The number of para-hydroxylation sites is 1. The summed E-state index contributed by atoms with van der Waals surface area (Å²) in [5.41, 5.74) is 5.33. The van der Waals surface area contributed by atoms with Crippen LogP contribution in [-0.2, 0) is 11.3 Å². The zero-order valence-corrected chi connectivity index (χ0v) is 16.7. The first-order chi connectivity index (χ1) is 13.6. The zero-order valence-electron chi connectivity index (χ0n) is 15.9. The number of carbonyl (C=O) groups is 1. The van der Waals surface area contributed by atoms with E-state index in [-0.39, 0.29) is 5.91 Å². The molecule has 0 saturated carbocycles. The van der Waals surface area contributed by atoms with Crippen LogP contribution in [0.15, 0.2) is 71.1 Å². The Hall–Kier alpha value is -3.05. The van der Waals surface area contributed by atoms with Crippen LogP contribution in [0.25, 0.3) is 17.0 Å². The molecule has 1 aromatic heterocycles. The minimum atomic E-state index is -0.115. The van der Waals surface area contributed by atoms with Gasteiger partial charge in [-0.3, -0.25) is 4.79 Å². The number of nitrogens with zero attached hydrogens (tertiary/aromatic N) is 2. The maximum atomic E-state index is 12.5. The molecule has 2 aromatic carbocycles. The Kier molecular flexibility index (Phi) is 4.92. The van der Waals surface area contributed by atoms with Gasteiger partial charge in [0.05, 0.1) is 10.6 Å². The highest BCUT2D eigenvalue weighted by Crippen LogP contribution is 2.33. The summed E-state index contributed by atoms with van der Waals surface area (Å²) < 4.78 is 2.22. The first-order valence-electron chi connectivity index (χ1n) is 9.12. The molecular formula is C23H21N3OS. The molecule has 4 nitrogen and oxygen atoms in total. The highest BCUT2D eigenvalue weighted by atomic mass is 32.2. The molecule has 0 spiro atoms. The van der Waals surface area contributed by atoms with E-state index in [1.165, 1.54) is 17.3 Å². The van der Waals surface area contributed by atoms with Crippen molar-refractivity contribution in [3.63, 3.8) is 0 Å². The van der Waals surface area contributed by atoms with Crippen LogP contribution in [0.4, 0.5) is 5.69 Å². The molecule has 1 fully saturated rings. The summed E-state index contributed by atoms with van der Waals surface area (Å²) in [4.78, 5) is 17.7. The quantitative estimate of drug-likeness (QED) is 0.485. The lowest BCUT2D eigenvalue weighted by Crippen LogP contribution is -2.19. The number of nitrogens with one attached hydrogen (secondary N) is 1. The van der Waals surface area contributed by atoms with Crippen molar-refractivity contribution in [1.82, 2.24) is 9.88 Å². The van der Waals surface area contributed by atoms with E-state index in [1.54, 1.807) is 0 Å².